The van der Waals surface area contributed by atoms with E-state index in [1.165, 1.54) is 4.70 Å². The van der Waals surface area contributed by atoms with Gasteiger partial charge in [0.15, 0.2) is 11.5 Å². The first-order valence-corrected chi connectivity index (χ1v) is 8.36. The molecular formula is C17H16ClN3O2S. The van der Waals surface area contributed by atoms with Crippen molar-refractivity contribution >= 4 is 39.4 Å². The van der Waals surface area contributed by atoms with Crippen molar-refractivity contribution < 1.29 is 9.47 Å². The summed E-state index contributed by atoms with van der Waals surface area (Å²) in [5.41, 5.74) is 1.91. The number of benzene rings is 2. The van der Waals surface area contributed by atoms with Crippen LogP contribution in [0.5, 0.6) is 11.5 Å². The van der Waals surface area contributed by atoms with Crippen molar-refractivity contribution in [3.05, 3.63) is 51.8 Å². The Hall–Kier alpha value is -2.31. The van der Waals surface area contributed by atoms with Gasteiger partial charge in [-0.3, -0.25) is 0 Å². The van der Waals surface area contributed by atoms with Crippen LogP contribution < -0.4 is 14.3 Å². The zero-order chi connectivity index (χ0) is 17.1. The van der Waals surface area contributed by atoms with E-state index in [0.717, 1.165) is 15.9 Å². The zero-order valence-electron chi connectivity index (χ0n) is 13.5. The maximum Gasteiger partial charge on any atom is 0.211 e. The summed E-state index contributed by atoms with van der Waals surface area (Å²) >= 11 is 7.78. The summed E-state index contributed by atoms with van der Waals surface area (Å²) in [6.45, 7) is 0. The van der Waals surface area contributed by atoms with Gasteiger partial charge in [-0.1, -0.05) is 35.1 Å². The van der Waals surface area contributed by atoms with Crippen molar-refractivity contribution in [3.63, 3.8) is 0 Å². The third kappa shape index (κ3) is 3.16. The highest BCUT2D eigenvalue weighted by atomic mass is 35.5. The number of hydrogen-bond acceptors (Lipinski definition) is 5. The number of aryl methyl sites for hydroxylation is 1. The summed E-state index contributed by atoms with van der Waals surface area (Å²) < 4.78 is 13.7. The SMILES string of the molecule is COc1cc(/C=N/N=c2\sc3ccccc3n2C)cc(Cl)c1OC. The van der Waals surface area contributed by atoms with Gasteiger partial charge in [-0.05, 0) is 24.3 Å². The Morgan fingerprint density at radius 2 is 1.96 bits per heavy atom. The van der Waals surface area contributed by atoms with Crippen LogP contribution in [0.4, 0.5) is 0 Å². The van der Waals surface area contributed by atoms with Crippen LogP contribution in [0.1, 0.15) is 5.56 Å². The quantitative estimate of drug-likeness (QED) is 0.523. The van der Waals surface area contributed by atoms with Crippen molar-refractivity contribution in [1.82, 2.24) is 4.57 Å². The summed E-state index contributed by atoms with van der Waals surface area (Å²) in [6, 6.07) is 11.7. The van der Waals surface area contributed by atoms with Crippen molar-refractivity contribution in [3.8, 4) is 11.5 Å². The lowest BCUT2D eigenvalue weighted by Gasteiger charge is -2.09. The van der Waals surface area contributed by atoms with Crippen LogP contribution in [0.15, 0.2) is 46.6 Å². The van der Waals surface area contributed by atoms with Crippen LogP contribution in [0, 0.1) is 0 Å². The molecular weight excluding hydrogens is 346 g/mol. The van der Waals surface area contributed by atoms with Crippen LogP contribution in [-0.2, 0) is 7.05 Å². The summed E-state index contributed by atoms with van der Waals surface area (Å²) in [6.07, 6.45) is 1.64. The van der Waals surface area contributed by atoms with Crippen molar-refractivity contribution in [1.29, 1.82) is 0 Å². The molecule has 0 saturated heterocycles. The van der Waals surface area contributed by atoms with E-state index in [1.807, 2.05) is 23.7 Å². The van der Waals surface area contributed by atoms with E-state index < -0.39 is 0 Å². The molecule has 0 amide bonds. The molecule has 0 fully saturated rings. The second-order valence-corrected chi connectivity index (χ2v) is 6.41. The Kier molecular flexibility index (Phi) is 4.87. The van der Waals surface area contributed by atoms with E-state index in [2.05, 4.69) is 22.3 Å². The fourth-order valence-electron chi connectivity index (χ4n) is 2.34. The molecule has 24 heavy (non-hydrogen) atoms. The molecule has 3 rings (SSSR count). The highest BCUT2D eigenvalue weighted by Crippen LogP contribution is 2.35. The van der Waals surface area contributed by atoms with Gasteiger partial charge in [0.1, 0.15) is 0 Å². The first-order valence-electron chi connectivity index (χ1n) is 7.17. The summed E-state index contributed by atoms with van der Waals surface area (Å²) in [5.74, 6) is 1.06. The number of ether oxygens (including phenoxy) is 2. The fraction of sp³-hybridized carbons (Fsp3) is 0.176. The zero-order valence-corrected chi connectivity index (χ0v) is 15.1. The van der Waals surface area contributed by atoms with Crippen molar-refractivity contribution in [2.24, 2.45) is 17.3 Å². The summed E-state index contributed by atoms with van der Waals surface area (Å²) in [7, 11) is 5.09. The molecule has 1 heterocycles. The maximum absolute atomic E-state index is 6.19. The summed E-state index contributed by atoms with van der Waals surface area (Å²) in [4.78, 5) is 0.819. The summed E-state index contributed by atoms with van der Waals surface area (Å²) in [5, 5.41) is 8.94. The van der Waals surface area contributed by atoms with Gasteiger partial charge in [-0.15, -0.1) is 5.10 Å². The molecule has 0 radical (unpaired) electrons. The van der Waals surface area contributed by atoms with E-state index in [4.69, 9.17) is 21.1 Å². The molecule has 0 aliphatic heterocycles. The highest BCUT2D eigenvalue weighted by molar-refractivity contribution is 7.16. The molecule has 7 heteroatoms. The average molecular weight is 362 g/mol. The number of nitrogens with zero attached hydrogens (tertiary/aromatic N) is 3. The molecule has 0 saturated carbocycles. The standard InChI is InChI=1S/C17H16ClN3O2S/c1-21-13-6-4-5-7-15(13)24-17(21)20-19-10-11-8-12(18)16(23-3)14(9-11)22-2/h4-10H,1-3H3/b19-10+,20-17-. The normalized spacial score (nSPS) is 12.2. The molecule has 124 valence electrons. The van der Waals surface area contributed by atoms with Gasteiger partial charge < -0.3 is 14.0 Å². The second-order valence-electron chi connectivity index (χ2n) is 4.99. The van der Waals surface area contributed by atoms with E-state index in [1.54, 1.807) is 43.9 Å². The minimum atomic E-state index is 0.464. The molecule has 3 aromatic rings. The molecule has 0 N–H and O–H groups in total. The maximum atomic E-state index is 6.19. The molecule has 1 aromatic heterocycles. The average Bonchev–Trinajstić information content (AvgIpc) is 2.91. The van der Waals surface area contributed by atoms with Gasteiger partial charge >= 0.3 is 0 Å². The number of methoxy groups -OCH3 is 2. The molecule has 0 bridgehead atoms. The van der Waals surface area contributed by atoms with Gasteiger partial charge in [0.05, 0.1) is 35.7 Å². The molecule has 0 atom stereocenters. The number of halogens is 1. The number of para-hydroxylation sites is 1. The second kappa shape index (κ2) is 7.07. The van der Waals surface area contributed by atoms with E-state index >= 15 is 0 Å². The Morgan fingerprint density at radius 1 is 1.17 bits per heavy atom. The monoisotopic (exact) mass is 361 g/mol. The first kappa shape index (κ1) is 16.5. The first-order chi connectivity index (χ1) is 11.6. The Bertz CT molecular complexity index is 976. The van der Waals surface area contributed by atoms with E-state index in [9.17, 15) is 0 Å². The Labute approximate surface area is 148 Å². The van der Waals surface area contributed by atoms with Gasteiger partial charge in [-0.25, -0.2) is 0 Å². The van der Waals surface area contributed by atoms with Gasteiger partial charge in [0, 0.05) is 12.6 Å². The van der Waals surface area contributed by atoms with Crippen molar-refractivity contribution in [2.45, 2.75) is 0 Å². The van der Waals surface area contributed by atoms with E-state index in [-0.39, 0.29) is 0 Å². The smallest absolute Gasteiger partial charge is 0.211 e. The minimum Gasteiger partial charge on any atom is -0.493 e. The highest BCUT2D eigenvalue weighted by Gasteiger charge is 2.09. The number of fused-ring (bicyclic) bond motifs is 1. The number of thiazole rings is 1. The van der Waals surface area contributed by atoms with Gasteiger partial charge in [0.2, 0.25) is 4.80 Å². The lowest BCUT2D eigenvalue weighted by atomic mass is 10.2. The van der Waals surface area contributed by atoms with Crippen LogP contribution >= 0.6 is 22.9 Å². The lowest BCUT2D eigenvalue weighted by molar-refractivity contribution is 0.355. The van der Waals surface area contributed by atoms with E-state index in [0.29, 0.717) is 16.5 Å². The van der Waals surface area contributed by atoms with Crippen LogP contribution in [-0.4, -0.2) is 25.0 Å². The minimum absolute atomic E-state index is 0.464. The van der Waals surface area contributed by atoms with Crippen LogP contribution in [0.3, 0.4) is 0 Å². The number of aromatic nitrogens is 1. The number of hydrogen-bond donors (Lipinski definition) is 0. The predicted molar refractivity (Wildman–Crippen MR) is 98.5 cm³/mol. The lowest BCUT2D eigenvalue weighted by Crippen LogP contribution is -2.08. The molecule has 0 unspecified atom stereocenters. The molecule has 0 aliphatic carbocycles. The van der Waals surface area contributed by atoms with Crippen LogP contribution in [0.25, 0.3) is 10.2 Å². The van der Waals surface area contributed by atoms with Gasteiger partial charge in [-0.2, -0.15) is 5.10 Å². The molecule has 2 aromatic carbocycles. The Balaban J connectivity index is 1.96. The number of rotatable bonds is 4. The molecule has 0 spiro atoms. The third-order valence-corrected chi connectivity index (χ3v) is 4.90. The van der Waals surface area contributed by atoms with Gasteiger partial charge in [0.25, 0.3) is 0 Å². The topological polar surface area (TPSA) is 48.1 Å². The fourth-order valence-corrected chi connectivity index (χ4v) is 3.61. The molecule has 0 aliphatic rings. The van der Waals surface area contributed by atoms with Crippen LogP contribution in [0.2, 0.25) is 5.02 Å². The predicted octanol–water partition coefficient (Wildman–Crippen LogP) is 3.85. The third-order valence-electron chi connectivity index (χ3n) is 3.52. The largest absolute Gasteiger partial charge is 0.493 e. The Morgan fingerprint density at radius 3 is 2.67 bits per heavy atom. The molecule has 5 nitrogen and oxygen atoms in total. The van der Waals surface area contributed by atoms with Crippen molar-refractivity contribution in [2.75, 3.05) is 14.2 Å².